The van der Waals surface area contributed by atoms with E-state index in [1.807, 2.05) is 9.80 Å². The van der Waals surface area contributed by atoms with Gasteiger partial charge in [-0.2, -0.15) is 0 Å². The zero-order valence-corrected chi connectivity index (χ0v) is 20.4. The van der Waals surface area contributed by atoms with Gasteiger partial charge >= 0.3 is 0 Å². The third-order valence-corrected chi connectivity index (χ3v) is 9.66. The van der Waals surface area contributed by atoms with E-state index in [4.69, 9.17) is 0 Å². The number of piperazine rings is 1. The van der Waals surface area contributed by atoms with Crippen molar-refractivity contribution in [1.29, 1.82) is 0 Å². The quantitative estimate of drug-likeness (QED) is 0.578. The number of nitrogens with zero attached hydrogens (tertiary/aromatic N) is 4. The third-order valence-electron chi connectivity index (χ3n) is 7.91. The largest absolute Gasteiger partial charge is 0.339 e. The second-order valence-electron chi connectivity index (χ2n) is 10.3. The molecule has 0 N–H and O–H groups in total. The highest BCUT2D eigenvalue weighted by molar-refractivity contribution is 7.91. The van der Waals surface area contributed by atoms with Gasteiger partial charge in [-0.1, -0.05) is 12.8 Å². The number of hydrogen-bond acceptors (Lipinski definition) is 6. The van der Waals surface area contributed by atoms with E-state index in [1.54, 1.807) is 0 Å². The Morgan fingerprint density at radius 2 is 1.44 bits per heavy atom. The van der Waals surface area contributed by atoms with Crippen molar-refractivity contribution in [1.82, 2.24) is 19.6 Å². The molecule has 1 saturated carbocycles. The van der Waals surface area contributed by atoms with Crippen LogP contribution in [0.25, 0.3) is 0 Å². The van der Waals surface area contributed by atoms with Crippen LogP contribution in [0, 0.1) is 0 Å². The Bertz CT molecular complexity index is 775. The fraction of sp³-hybridized carbons (Fsp3) is 0.913. The molecule has 4 aliphatic rings. The molecule has 2 unspecified atom stereocenters. The Labute approximate surface area is 193 Å². The Kier molecular flexibility index (Phi) is 7.77. The summed E-state index contributed by atoms with van der Waals surface area (Å²) >= 11 is 0. The highest BCUT2D eigenvalue weighted by atomic mass is 32.2. The van der Waals surface area contributed by atoms with Crippen LogP contribution in [0.2, 0.25) is 0 Å². The van der Waals surface area contributed by atoms with Gasteiger partial charge in [0.1, 0.15) is 0 Å². The Hall–Kier alpha value is -1.19. The molecular weight excluding hydrogens is 428 g/mol. The van der Waals surface area contributed by atoms with E-state index in [9.17, 15) is 18.0 Å². The molecule has 2 atom stereocenters. The molecule has 3 saturated heterocycles. The molecule has 182 valence electrons. The van der Waals surface area contributed by atoms with Gasteiger partial charge in [-0.15, -0.1) is 0 Å². The monoisotopic (exact) mass is 468 g/mol. The maximum absolute atomic E-state index is 13.3. The Morgan fingerprint density at radius 3 is 2.03 bits per heavy atom. The van der Waals surface area contributed by atoms with Crippen LogP contribution in [0.1, 0.15) is 58.3 Å². The molecule has 32 heavy (non-hydrogen) atoms. The second-order valence-corrected chi connectivity index (χ2v) is 12.5. The van der Waals surface area contributed by atoms with Gasteiger partial charge in [0.05, 0.1) is 24.6 Å². The lowest BCUT2D eigenvalue weighted by Gasteiger charge is -2.39. The van der Waals surface area contributed by atoms with Crippen molar-refractivity contribution < 1.29 is 18.0 Å². The molecule has 0 bridgehead atoms. The van der Waals surface area contributed by atoms with Gasteiger partial charge in [0.2, 0.25) is 11.8 Å². The normalized spacial score (nSPS) is 30.0. The van der Waals surface area contributed by atoms with Crippen molar-refractivity contribution in [3.05, 3.63) is 0 Å². The molecule has 3 aliphatic heterocycles. The topological polar surface area (TPSA) is 81.2 Å². The maximum Gasteiger partial charge on any atom is 0.237 e. The average Bonchev–Trinajstić information content (AvgIpc) is 3.40. The van der Waals surface area contributed by atoms with Crippen molar-refractivity contribution in [3.63, 3.8) is 0 Å². The standard InChI is InChI=1S/C23H40N4O4S/c1-19-6-4-5-10-26(19)22(28)16-24-11-13-25(14-12-24)17-23(29)27(20-7-2-3-8-20)21-9-15-32(30,31)18-21/h19-21H,2-18H2,1H3. The van der Waals surface area contributed by atoms with Crippen LogP contribution in [0.15, 0.2) is 0 Å². The zero-order valence-electron chi connectivity index (χ0n) is 19.6. The predicted octanol–water partition coefficient (Wildman–Crippen LogP) is 0.963. The first kappa shape index (κ1) is 24.0. The van der Waals surface area contributed by atoms with E-state index in [-0.39, 0.29) is 35.4 Å². The minimum Gasteiger partial charge on any atom is -0.339 e. The minimum absolute atomic E-state index is 0.0886. The number of carbonyl (C=O) groups is 2. The van der Waals surface area contributed by atoms with E-state index in [0.717, 1.165) is 71.2 Å². The smallest absolute Gasteiger partial charge is 0.237 e. The molecular formula is C23H40N4O4S. The summed E-state index contributed by atoms with van der Waals surface area (Å²) in [7, 11) is -3.02. The molecule has 0 radical (unpaired) electrons. The van der Waals surface area contributed by atoms with Crippen molar-refractivity contribution in [2.45, 2.75) is 76.4 Å². The summed E-state index contributed by atoms with van der Waals surface area (Å²) in [6.45, 7) is 6.99. The summed E-state index contributed by atoms with van der Waals surface area (Å²) < 4.78 is 24.1. The van der Waals surface area contributed by atoms with Gasteiger partial charge in [0, 0.05) is 50.8 Å². The second kappa shape index (κ2) is 10.4. The van der Waals surface area contributed by atoms with E-state index in [2.05, 4.69) is 16.7 Å². The molecule has 2 amide bonds. The maximum atomic E-state index is 13.3. The van der Waals surface area contributed by atoms with Crippen LogP contribution in [0.4, 0.5) is 0 Å². The molecule has 9 heteroatoms. The minimum atomic E-state index is -3.02. The first-order valence-electron chi connectivity index (χ1n) is 12.6. The summed E-state index contributed by atoms with van der Waals surface area (Å²) in [5.74, 6) is 0.651. The fourth-order valence-electron chi connectivity index (χ4n) is 6.01. The van der Waals surface area contributed by atoms with Crippen molar-refractivity contribution in [2.75, 3.05) is 57.3 Å². The number of amides is 2. The number of likely N-dealkylation sites (tertiary alicyclic amines) is 1. The average molecular weight is 469 g/mol. The first-order chi connectivity index (χ1) is 15.3. The van der Waals surface area contributed by atoms with Crippen LogP contribution >= 0.6 is 0 Å². The van der Waals surface area contributed by atoms with Gasteiger partial charge in [-0.05, 0) is 45.4 Å². The van der Waals surface area contributed by atoms with Crippen LogP contribution in [0.3, 0.4) is 0 Å². The van der Waals surface area contributed by atoms with Gasteiger partial charge < -0.3 is 9.80 Å². The fourth-order valence-corrected chi connectivity index (χ4v) is 7.72. The van der Waals surface area contributed by atoms with E-state index in [0.29, 0.717) is 25.6 Å². The van der Waals surface area contributed by atoms with Crippen LogP contribution < -0.4 is 0 Å². The summed E-state index contributed by atoms with van der Waals surface area (Å²) in [6.07, 6.45) is 8.22. The summed E-state index contributed by atoms with van der Waals surface area (Å²) in [4.78, 5) is 34.4. The van der Waals surface area contributed by atoms with E-state index < -0.39 is 9.84 Å². The van der Waals surface area contributed by atoms with Gasteiger partial charge in [-0.3, -0.25) is 19.4 Å². The number of hydrogen-bond donors (Lipinski definition) is 0. The zero-order chi connectivity index (χ0) is 22.7. The van der Waals surface area contributed by atoms with Crippen molar-refractivity contribution in [3.8, 4) is 0 Å². The molecule has 3 heterocycles. The molecule has 0 spiro atoms. The highest BCUT2D eigenvalue weighted by Crippen LogP contribution is 2.29. The van der Waals surface area contributed by atoms with Crippen LogP contribution in [0.5, 0.6) is 0 Å². The number of rotatable bonds is 6. The molecule has 0 aromatic carbocycles. The SMILES string of the molecule is CC1CCCCN1C(=O)CN1CCN(CC(=O)N(C2CCCC2)C2CCS(=O)(=O)C2)CC1. The van der Waals surface area contributed by atoms with Crippen molar-refractivity contribution >= 4 is 21.7 Å². The number of piperidine rings is 1. The predicted molar refractivity (Wildman–Crippen MR) is 124 cm³/mol. The number of carbonyl (C=O) groups excluding carboxylic acids is 2. The highest BCUT2D eigenvalue weighted by Gasteiger charge is 2.39. The Morgan fingerprint density at radius 1 is 0.812 bits per heavy atom. The van der Waals surface area contributed by atoms with E-state index >= 15 is 0 Å². The lowest BCUT2D eigenvalue weighted by atomic mass is 10.0. The summed E-state index contributed by atoms with van der Waals surface area (Å²) in [6, 6.07) is 0.392. The first-order valence-corrected chi connectivity index (χ1v) is 14.4. The molecule has 0 aromatic heterocycles. The summed E-state index contributed by atoms with van der Waals surface area (Å²) in [5.41, 5.74) is 0. The van der Waals surface area contributed by atoms with Crippen LogP contribution in [-0.4, -0.2) is 115 Å². The number of sulfone groups is 1. The van der Waals surface area contributed by atoms with Crippen LogP contribution in [-0.2, 0) is 19.4 Å². The summed E-state index contributed by atoms with van der Waals surface area (Å²) in [5, 5.41) is 0. The molecule has 8 nitrogen and oxygen atoms in total. The lowest BCUT2D eigenvalue weighted by Crippen LogP contribution is -2.55. The lowest BCUT2D eigenvalue weighted by molar-refractivity contribution is -0.139. The third kappa shape index (κ3) is 5.83. The van der Waals surface area contributed by atoms with Gasteiger partial charge in [-0.25, -0.2) is 8.42 Å². The van der Waals surface area contributed by atoms with Crippen molar-refractivity contribution in [2.24, 2.45) is 0 Å². The molecule has 0 aromatic rings. The molecule has 4 fully saturated rings. The molecule has 1 aliphatic carbocycles. The van der Waals surface area contributed by atoms with Gasteiger partial charge in [0.15, 0.2) is 9.84 Å². The van der Waals surface area contributed by atoms with E-state index in [1.165, 1.54) is 6.42 Å². The molecule has 4 rings (SSSR count). The Balaban J connectivity index is 1.27. The van der Waals surface area contributed by atoms with Gasteiger partial charge in [0.25, 0.3) is 0 Å².